The fourth-order valence-corrected chi connectivity index (χ4v) is 2.50. The van der Waals surface area contributed by atoms with Crippen molar-refractivity contribution in [2.24, 2.45) is 0 Å². The Hall–Kier alpha value is -1.91. The van der Waals surface area contributed by atoms with Crippen molar-refractivity contribution in [2.45, 2.75) is 0 Å². The monoisotopic (exact) mass is 250 g/mol. The highest BCUT2D eigenvalue weighted by molar-refractivity contribution is 7.87. The zero-order chi connectivity index (χ0) is 12.6. The highest BCUT2D eigenvalue weighted by atomic mass is 32.2. The standard InChI is InChI=1S/C10H10N4O2S/c1-13(2)17(15,16)14-9-6-4-3-5-8(9)12-10(14)7-11/h3-6H,1-2H3. The van der Waals surface area contributed by atoms with Crippen LogP contribution < -0.4 is 0 Å². The van der Waals surface area contributed by atoms with Gasteiger partial charge in [0, 0.05) is 14.1 Å². The highest BCUT2D eigenvalue weighted by Gasteiger charge is 2.23. The van der Waals surface area contributed by atoms with E-state index in [1.165, 1.54) is 14.1 Å². The van der Waals surface area contributed by atoms with Crippen LogP contribution in [-0.2, 0) is 10.2 Å². The minimum absolute atomic E-state index is 0.139. The number of nitrogens with zero attached hydrogens (tertiary/aromatic N) is 4. The lowest BCUT2D eigenvalue weighted by atomic mass is 10.3. The molecular weight excluding hydrogens is 240 g/mol. The number of benzene rings is 1. The molecule has 0 saturated carbocycles. The Kier molecular flexibility index (Phi) is 2.61. The highest BCUT2D eigenvalue weighted by Crippen LogP contribution is 2.18. The molecule has 17 heavy (non-hydrogen) atoms. The molecule has 1 aromatic heterocycles. The minimum atomic E-state index is -3.74. The molecule has 0 aliphatic carbocycles. The first-order valence-electron chi connectivity index (χ1n) is 4.79. The minimum Gasteiger partial charge on any atom is -0.218 e. The molecule has 1 aromatic carbocycles. The smallest absolute Gasteiger partial charge is 0.218 e. The maximum Gasteiger partial charge on any atom is 0.309 e. The van der Waals surface area contributed by atoms with Gasteiger partial charge in [-0.05, 0) is 12.1 Å². The summed E-state index contributed by atoms with van der Waals surface area (Å²) < 4.78 is 26.2. The molecule has 2 aromatic rings. The fourth-order valence-electron chi connectivity index (χ4n) is 1.47. The zero-order valence-electron chi connectivity index (χ0n) is 9.32. The second-order valence-electron chi connectivity index (χ2n) is 3.59. The summed E-state index contributed by atoms with van der Waals surface area (Å²) in [5.74, 6) is -0.139. The lowest BCUT2D eigenvalue weighted by Crippen LogP contribution is -2.29. The third-order valence-electron chi connectivity index (χ3n) is 2.31. The first-order valence-corrected chi connectivity index (χ1v) is 6.19. The van der Waals surface area contributed by atoms with Gasteiger partial charge in [-0.15, -0.1) is 0 Å². The van der Waals surface area contributed by atoms with Crippen molar-refractivity contribution in [3.63, 3.8) is 0 Å². The summed E-state index contributed by atoms with van der Waals surface area (Å²) in [6.07, 6.45) is 0. The van der Waals surface area contributed by atoms with E-state index in [-0.39, 0.29) is 5.82 Å². The van der Waals surface area contributed by atoms with Gasteiger partial charge in [-0.25, -0.2) is 4.98 Å². The summed E-state index contributed by atoms with van der Waals surface area (Å²) in [5.41, 5.74) is 0.882. The van der Waals surface area contributed by atoms with Gasteiger partial charge in [0.15, 0.2) is 0 Å². The molecule has 2 rings (SSSR count). The van der Waals surface area contributed by atoms with E-state index in [4.69, 9.17) is 5.26 Å². The summed E-state index contributed by atoms with van der Waals surface area (Å²) in [5, 5.41) is 8.95. The van der Waals surface area contributed by atoms with Crippen molar-refractivity contribution >= 4 is 21.2 Å². The first-order chi connectivity index (χ1) is 7.98. The molecule has 0 N–H and O–H groups in total. The van der Waals surface area contributed by atoms with E-state index in [0.717, 1.165) is 8.28 Å². The van der Waals surface area contributed by atoms with E-state index in [9.17, 15) is 8.42 Å². The van der Waals surface area contributed by atoms with E-state index in [0.29, 0.717) is 11.0 Å². The molecule has 0 fully saturated rings. The van der Waals surface area contributed by atoms with Gasteiger partial charge in [0.1, 0.15) is 6.07 Å². The Morgan fingerprint density at radius 2 is 2.00 bits per heavy atom. The molecule has 0 aliphatic heterocycles. The van der Waals surface area contributed by atoms with Gasteiger partial charge in [-0.3, -0.25) is 0 Å². The molecule has 0 unspecified atom stereocenters. The summed E-state index contributed by atoms with van der Waals surface area (Å²) in [7, 11) is -0.922. The van der Waals surface area contributed by atoms with Crippen LogP contribution in [0.4, 0.5) is 0 Å². The summed E-state index contributed by atoms with van der Waals surface area (Å²) in [6, 6.07) is 8.51. The van der Waals surface area contributed by atoms with Gasteiger partial charge >= 0.3 is 10.2 Å². The molecule has 0 saturated heterocycles. The maximum absolute atomic E-state index is 12.1. The molecule has 0 atom stereocenters. The Morgan fingerprint density at radius 1 is 1.35 bits per heavy atom. The van der Waals surface area contributed by atoms with Crippen LogP contribution >= 0.6 is 0 Å². The van der Waals surface area contributed by atoms with Crippen LogP contribution in [0.2, 0.25) is 0 Å². The average molecular weight is 250 g/mol. The number of hydrogen-bond acceptors (Lipinski definition) is 4. The third kappa shape index (κ3) is 1.67. The largest absolute Gasteiger partial charge is 0.309 e. The van der Waals surface area contributed by atoms with Crippen LogP contribution in [0.15, 0.2) is 24.3 Å². The number of para-hydroxylation sites is 2. The van der Waals surface area contributed by atoms with E-state index < -0.39 is 10.2 Å². The average Bonchev–Trinajstić information content (AvgIpc) is 2.67. The number of imidazole rings is 1. The van der Waals surface area contributed by atoms with Crippen LogP contribution in [0.5, 0.6) is 0 Å². The predicted octanol–water partition coefficient (Wildman–Crippen LogP) is 0.562. The van der Waals surface area contributed by atoms with E-state index in [1.807, 2.05) is 0 Å². The van der Waals surface area contributed by atoms with Gasteiger partial charge in [0.05, 0.1) is 11.0 Å². The second kappa shape index (κ2) is 3.84. The normalized spacial score (nSPS) is 11.9. The molecule has 1 heterocycles. The van der Waals surface area contributed by atoms with Crippen molar-refractivity contribution in [3.8, 4) is 6.07 Å². The van der Waals surface area contributed by atoms with Crippen LogP contribution in [0.25, 0.3) is 11.0 Å². The zero-order valence-corrected chi connectivity index (χ0v) is 10.1. The lowest BCUT2D eigenvalue weighted by molar-refractivity contribution is 0.511. The Morgan fingerprint density at radius 3 is 2.59 bits per heavy atom. The molecule has 0 spiro atoms. The number of rotatable bonds is 2. The van der Waals surface area contributed by atoms with Crippen LogP contribution in [0.3, 0.4) is 0 Å². The van der Waals surface area contributed by atoms with Gasteiger partial charge in [-0.2, -0.15) is 22.0 Å². The van der Waals surface area contributed by atoms with Gasteiger partial charge in [0.2, 0.25) is 5.82 Å². The molecule has 6 nitrogen and oxygen atoms in total. The Bertz CT molecular complexity index is 709. The maximum atomic E-state index is 12.1. The molecule has 0 aliphatic rings. The first kappa shape index (κ1) is 11.6. The van der Waals surface area contributed by atoms with Crippen molar-refractivity contribution in [1.29, 1.82) is 5.26 Å². The number of hydrogen-bond donors (Lipinski definition) is 0. The molecule has 0 amide bonds. The number of nitriles is 1. The third-order valence-corrected chi connectivity index (χ3v) is 4.07. The van der Waals surface area contributed by atoms with Crippen LogP contribution in [-0.4, -0.2) is 35.8 Å². The Balaban J connectivity index is 2.90. The quantitative estimate of drug-likeness (QED) is 0.780. The molecule has 0 radical (unpaired) electrons. The predicted molar refractivity (Wildman–Crippen MR) is 62.5 cm³/mol. The van der Waals surface area contributed by atoms with Crippen molar-refractivity contribution in [1.82, 2.24) is 13.3 Å². The molecule has 0 bridgehead atoms. The van der Waals surface area contributed by atoms with E-state index in [2.05, 4.69) is 4.98 Å². The van der Waals surface area contributed by atoms with Crippen molar-refractivity contribution < 1.29 is 8.42 Å². The van der Waals surface area contributed by atoms with Gasteiger partial charge in [-0.1, -0.05) is 12.1 Å². The van der Waals surface area contributed by atoms with Crippen LogP contribution in [0.1, 0.15) is 5.82 Å². The van der Waals surface area contributed by atoms with E-state index in [1.54, 1.807) is 30.3 Å². The number of fused-ring (bicyclic) bond motifs is 1. The van der Waals surface area contributed by atoms with Crippen LogP contribution in [0, 0.1) is 11.3 Å². The SMILES string of the molecule is CN(C)S(=O)(=O)n1c(C#N)nc2ccccc21. The topological polar surface area (TPSA) is 79.0 Å². The summed E-state index contributed by atoms with van der Waals surface area (Å²) >= 11 is 0. The summed E-state index contributed by atoms with van der Waals surface area (Å²) in [4.78, 5) is 3.98. The molecule has 88 valence electrons. The van der Waals surface area contributed by atoms with E-state index >= 15 is 0 Å². The second-order valence-corrected chi connectivity index (χ2v) is 5.58. The van der Waals surface area contributed by atoms with Crippen molar-refractivity contribution in [3.05, 3.63) is 30.1 Å². The van der Waals surface area contributed by atoms with Gasteiger partial charge < -0.3 is 0 Å². The van der Waals surface area contributed by atoms with Crippen molar-refractivity contribution in [2.75, 3.05) is 14.1 Å². The molecule has 7 heteroatoms. The Labute approximate surface area is 98.9 Å². The fraction of sp³-hybridized carbons (Fsp3) is 0.200. The van der Waals surface area contributed by atoms with Gasteiger partial charge in [0.25, 0.3) is 0 Å². The molecular formula is C10H10N4O2S. The lowest BCUT2D eigenvalue weighted by Gasteiger charge is -2.13. The summed E-state index contributed by atoms with van der Waals surface area (Å²) in [6.45, 7) is 0. The number of aromatic nitrogens is 2.